The molecule has 1 amide bonds. The number of nitrogens with one attached hydrogen (secondary N) is 1. The third-order valence-electron chi connectivity index (χ3n) is 4.44. The summed E-state index contributed by atoms with van der Waals surface area (Å²) in [6.45, 7) is 6.87. The molecular weight excluding hydrogens is 326 g/mol. The summed E-state index contributed by atoms with van der Waals surface area (Å²) in [6.07, 6.45) is 5.36. The minimum atomic E-state index is -0.167. The predicted octanol–water partition coefficient (Wildman–Crippen LogP) is 3.70. The van der Waals surface area contributed by atoms with Gasteiger partial charge in [0.2, 0.25) is 0 Å². The van der Waals surface area contributed by atoms with Crippen molar-refractivity contribution in [2.24, 2.45) is 0 Å². The van der Waals surface area contributed by atoms with Gasteiger partial charge in [-0.1, -0.05) is 25.4 Å². The molecule has 1 fully saturated rings. The van der Waals surface area contributed by atoms with E-state index in [0.29, 0.717) is 17.5 Å². The van der Waals surface area contributed by atoms with Gasteiger partial charge in [0, 0.05) is 30.4 Å². The smallest absolute Gasteiger partial charge is 0.270 e. The Morgan fingerprint density at radius 3 is 2.75 bits per heavy atom. The average molecular weight is 348 g/mol. The Morgan fingerprint density at radius 2 is 2.08 bits per heavy atom. The van der Waals surface area contributed by atoms with E-state index in [1.165, 1.54) is 0 Å². The van der Waals surface area contributed by atoms with Crippen molar-refractivity contribution in [1.82, 2.24) is 15.3 Å². The predicted molar refractivity (Wildman–Crippen MR) is 94.5 cm³/mol. The largest absolute Gasteiger partial charge is 0.378 e. The number of aromatic nitrogens is 2. The van der Waals surface area contributed by atoms with E-state index in [9.17, 15) is 4.79 Å². The fourth-order valence-corrected chi connectivity index (χ4v) is 3.24. The monoisotopic (exact) mass is 347 g/mol. The molecular formula is C18H22ClN3O2. The summed E-state index contributed by atoms with van der Waals surface area (Å²) in [5, 5.41) is 5.13. The zero-order valence-electron chi connectivity index (χ0n) is 14.2. The molecule has 0 atom stereocenters. The van der Waals surface area contributed by atoms with Gasteiger partial charge in [0.15, 0.2) is 0 Å². The number of hydrogen-bond acceptors (Lipinski definition) is 4. The quantitative estimate of drug-likeness (QED) is 0.837. The molecule has 0 saturated heterocycles. The molecule has 0 unspecified atom stereocenters. The molecule has 1 aliphatic rings. The molecule has 0 bridgehead atoms. The highest BCUT2D eigenvalue weighted by Crippen LogP contribution is 2.29. The molecule has 2 aromatic rings. The van der Waals surface area contributed by atoms with Crippen molar-refractivity contribution in [1.29, 1.82) is 0 Å². The van der Waals surface area contributed by atoms with Crippen LogP contribution >= 0.6 is 11.6 Å². The number of rotatable bonds is 5. The number of ether oxygens (including phenoxy) is 1. The van der Waals surface area contributed by atoms with Crippen LogP contribution in [0.2, 0.25) is 5.15 Å². The molecule has 2 aromatic heterocycles. The van der Waals surface area contributed by atoms with Crippen molar-refractivity contribution < 1.29 is 9.53 Å². The van der Waals surface area contributed by atoms with Crippen LogP contribution in [0.3, 0.4) is 0 Å². The summed E-state index contributed by atoms with van der Waals surface area (Å²) in [6, 6.07) is 1.95. The summed E-state index contributed by atoms with van der Waals surface area (Å²) in [7, 11) is 0. The zero-order chi connectivity index (χ0) is 17.3. The first-order valence-corrected chi connectivity index (χ1v) is 8.74. The van der Waals surface area contributed by atoms with E-state index < -0.39 is 0 Å². The second kappa shape index (κ2) is 7.03. The third kappa shape index (κ3) is 3.37. The molecule has 6 heteroatoms. The molecule has 1 aliphatic carbocycles. The Bertz CT molecular complexity index is 757. The number of hydrogen-bond donors (Lipinski definition) is 1. The summed E-state index contributed by atoms with van der Waals surface area (Å²) in [4.78, 5) is 21.1. The molecule has 0 radical (unpaired) electrons. The van der Waals surface area contributed by atoms with Crippen LogP contribution < -0.4 is 5.32 Å². The van der Waals surface area contributed by atoms with Crippen LogP contribution in [0.4, 0.5) is 0 Å². The fraction of sp³-hybridized carbons (Fsp3) is 0.500. The summed E-state index contributed by atoms with van der Waals surface area (Å²) in [5.74, 6) is 0.119. The van der Waals surface area contributed by atoms with Crippen molar-refractivity contribution in [3.63, 3.8) is 0 Å². The van der Waals surface area contributed by atoms with Crippen LogP contribution in [0.15, 0.2) is 18.5 Å². The van der Waals surface area contributed by atoms with Gasteiger partial charge in [-0.3, -0.25) is 9.78 Å². The maximum Gasteiger partial charge on any atom is 0.270 e. The number of pyridine rings is 2. The number of nitrogens with zero attached hydrogens (tertiary/aromatic N) is 2. The van der Waals surface area contributed by atoms with Gasteiger partial charge in [0.1, 0.15) is 10.8 Å². The lowest BCUT2D eigenvalue weighted by Gasteiger charge is -2.35. The highest BCUT2D eigenvalue weighted by atomic mass is 35.5. The topological polar surface area (TPSA) is 64.1 Å². The average Bonchev–Trinajstić information content (AvgIpc) is 2.51. The summed E-state index contributed by atoms with van der Waals surface area (Å²) in [5.41, 5.74) is 1.46. The van der Waals surface area contributed by atoms with Gasteiger partial charge >= 0.3 is 0 Å². The molecule has 128 valence electrons. The number of halogens is 1. The Balaban J connectivity index is 1.85. The molecule has 5 nitrogen and oxygen atoms in total. The highest BCUT2D eigenvalue weighted by Gasteiger charge is 2.31. The molecule has 0 aromatic carbocycles. The van der Waals surface area contributed by atoms with Gasteiger partial charge in [-0.2, -0.15) is 0 Å². The van der Waals surface area contributed by atoms with Crippen molar-refractivity contribution in [2.45, 2.75) is 51.7 Å². The minimum Gasteiger partial charge on any atom is -0.378 e. The summed E-state index contributed by atoms with van der Waals surface area (Å²) >= 11 is 6.04. The van der Waals surface area contributed by atoms with Crippen LogP contribution in [0.1, 0.15) is 55.6 Å². The minimum absolute atomic E-state index is 0.149. The Morgan fingerprint density at radius 1 is 1.33 bits per heavy atom. The molecule has 3 rings (SSSR count). The number of carbonyl (C=O) groups excluding carboxylic acids is 1. The molecule has 2 heterocycles. The Kier molecular flexibility index (Phi) is 5.01. The lowest BCUT2D eigenvalue weighted by atomic mass is 9.89. The van der Waals surface area contributed by atoms with Crippen molar-refractivity contribution in [3.8, 4) is 0 Å². The van der Waals surface area contributed by atoms with Crippen molar-refractivity contribution in [3.05, 3.63) is 34.9 Å². The van der Waals surface area contributed by atoms with Crippen LogP contribution in [-0.2, 0) is 4.74 Å². The first-order chi connectivity index (χ1) is 11.5. The number of amides is 1. The second-order valence-corrected chi connectivity index (χ2v) is 6.88. The maximum atomic E-state index is 12.6. The van der Waals surface area contributed by atoms with E-state index in [1.54, 1.807) is 18.5 Å². The molecule has 1 N–H and O–H groups in total. The molecule has 24 heavy (non-hydrogen) atoms. The fourth-order valence-electron chi connectivity index (χ4n) is 3.08. The lowest BCUT2D eigenvalue weighted by molar-refractivity contribution is -0.00865. The van der Waals surface area contributed by atoms with Gasteiger partial charge in [-0.05, 0) is 42.7 Å². The van der Waals surface area contributed by atoms with Gasteiger partial charge < -0.3 is 10.1 Å². The van der Waals surface area contributed by atoms with Crippen LogP contribution in [0.25, 0.3) is 10.8 Å². The van der Waals surface area contributed by atoms with Crippen LogP contribution in [-0.4, -0.2) is 34.6 Å². The van der Waals surface area contributed by atoms with Gasteiger partial charge in [-0.25, -0.2) is 4.98 Å². The van der Waals surface area contributed by atoms with E-state index >= 15 is 0 Å². The van der Waals surface area contributed by atoms with E-state index in [4.69, 9.17) is 16.3 Å². The van der Waals surface area contributed by atoms with E-state index in [2.05, 4.69) is 29.1 Å². The SMILES string of the molecule is CCOC1CC(NC(=O)c2ncc(C(C)C)c3cc(Cl)ncc23)C1. The maximum absolute atomic E-state index is 12.6. The van der Waals surface area contributed by atoms with Gasteiger partial charge in [0.05, 0.1) is 6.10 Å². The zero-order valence-corrected chi connectivity index (χ0v) is 14.9. The molecule has 0 spiro atoms. The van der Waals surface area contributed by atoms with E-state index in [1.807, 2.05) is 6.92 Å². The Labute approximate surface area is 146 Å². The highest BCUT2D eigenvalue weighted by molar-refractivity contribution is 6.30. The summed E-state index contributed by atoms with van der Waals surface area (Å²) < 4.78 is 5.53. The normalized spacial score (nSPS) is 20.2. The molecule has 0 aliphatic heterocycles. The first kappa shape index (κ1) is 17.1. The Hall–Kier alpha value is -1.72. The van der Waals surface area contributed by atoms with Crippen molar-refractivity contribution in [2.75, 3.05) is 6.61 Å². The van der Waals surface area contributed by atoms with Crippen LogP contribution in [0, 0.1) is 0 Å². The second-order valence-electron chi connectivity index (χ2n) is 6.49. The van der Waals surface area contributed by atoms with Crippen molar-refractivity contribution >= 4 is 28.3 Å². The standard InChI is InChI=1S/C18H22ClN3O2/c1-4-24-12-5-11(6-12)22-18(23)17-15-9-20-16(19)7-13(15)14(8-21-17)10(2)3/h7-12H,4-6H2,1-3H3,(H,22,23). The lowest BCUT2D eigenvalue weighted by Crippen LogP contribution is -2.48. The van der Waals surface area contributed by atoms with E-state index in [-0.39, 0.29) is 24.0 Å². The van der Waals surface area contributed by atoms with Gasteiger partial charge in [-0.15, -0.1) is 0 Å². The van der Waals surface area contributed by atoms with E-state index in [0.717, 1.165) is 29.2 Å². The van der Waals surface area contributed by atoms with Gasteiger partial charge in [0.25, 0.3) is 5.91 Å². The third-order valence-corrected chi connectivity index (χ3v) is 4.65. The van der Waals surface area contributed by atoms with Crippen LogP contribution in [0.5, 0.6) is 0 Å². The number of fused-ring (bicyclic) bond motifs is 1. The molecule has 1 saturated carbocycles. The number of carbonyl (C=O) groups is 1. The first-order valence-electron chi connectivity index (χ1n) is 8.36.